The van der Waals surface area contributed by atoms with E-state index in [-0.39, 0.29) is 0 Å². The molecule has 0 radical (unpaired) electrons. The molecule has 0 spiro atoms. The molecule has 0 aliphatic carbocycles. The molecule has 0 saturated carbocycles. The molecule has 2 aliphatic heterocycles. The van der Waals surface area contributed by atoms with Gasteiger partial charge in [0.2, 0.25) is 0 Å². The van der Waals surface area contributed by atoms with E-state index in [2.05, 4.69) is 33.0 Å². The lowest BCUT2D eigenvalue weighted by Gasteiger charge is -2.33. The van der Waals surface area contributed by atoms with E-state index < -0.39 is 0 Å². The second-order valence-electron chi connectivity index (χ2n) is 5.69. The topological polar surface area (TPSA) is 30.5 Å². The third-order valence-electron chi connectivity index (χ3n) is 4.65. The van der Waals surface area contributed by atoms with Gasteiger partial charge >= 0.3 is 0 Å². The van der Waals surface area contributed by atoms with Gasteiger partial charge in [0.05, 0.1) is 18.8 Å². The first-order chi connectivity index (χ1) is 8.15. The molecule has 17 heavy (non-hydrogen) atoms. The van der Waals surface area contributed by atoms with E-state index in [1.54, 1.807) is 0 Å². The second-order valence-corrected chi connectivity index (χ2v) is 5.69. The van der Waals surface area contributed by atoms with Gasteiger partial charge in [-0.15, -0.1) is 0 Å². The molecule has 0 amide bonds. The zero-order valence-electron chi connectivity index (χ0n) is 11.6. The molecule has 2 fully saturated rings. The monoisotopic (exact) mass is 241 g/mol. The summed E-state index contributed by atoms with van der Waals surface area (Å²) in [6.45, 7) is 11.8. The number of nitrogens with one attached hydrogen (secondary N) is 1. The Balaban J connectivity index is 2.08. The van der Waals surface area contributed by atoms with Gasteiger partial charge in [0, 0.05) is 24.5 Å². The van der Waals surface area contributed by atoms with Gasteiger partial charge in [-0.05, 0) is 32.7 Å². The predicted molar refractivity (Wildman–Crippen MR) is 69.1 cm³/mol. The Morgan fingerprint density at radius 3 is 2.47 bits per heavy atom. The quantitative estimate of drug-likeness (QED) is 0.817. The highest BCUT2D eigenvalue weighted by Gasteiger charge is 2.44. The molecule has 2 saturated heterocycles. The van der Waals surface area contributed by atoms with Crippen LogP contribution in [0.3, 0.4) is 0 Å². The first-order valence-corrected chi connectivity index (χ1v) is 7.11. The third kappa shape index (κ3) is 2.67. The summed E-state index contributed by atoms with van der Waals surface area (Å²) in [6, 6.07) is 0.553. The molecule has 0 aromatic heterocycles. The SMILES string of the molecule is CCNC(C1CCOC1)C1C(C)OC(C)C1C. The van der Waals surface area contributed by atoms with E-state index in [9.17, 15) is 0 Å². The van der Waals surface area contributed by atoms with Crippen LogP contribution in [0.1, 0.15) is 34.1 Å². The Morgan fingerprint density at radius 2 is 2.00 bits per heavy atom. The van der Waals surface area contributed by atoms with Crippen molar-refractivity contribution in [2.24, 2.45) is 17.8 Å². The highest BCUT2D eigenvalue weighted by molar-refractivity contribution is 4.95. The summed E-state index contributed by atoms with van der Waals surface area (Å²) >= 11 is 0. The number of hydrogen-bond donors (Lipinski definition) is 1. The summed E-state index contributed by atoms with van der Waals surface area (Å²) in [7, 11) is 0. The largest absolute Gasteiger partial charge is 0.381 e. The maximum Gasteiger partial charge on any atom is 0.0597 e. The van der Waals surface area contributed by atoms with Crippen LogP contribution in [0.4, 0.5) is 0 Å². The minimum absolute atomic E-state index is 0.365. The van der Waals surface area contributed by atoms with Crippen molar-refractivity contribution in [3.05, 3.63) is 0 Å². The molecule has 100 valence electrons. The standard InChI is InChI=1S/C14H27NO2/c1-5-15-14(12-6-7-16-8-12)13-9(2)10(3)17-11(13)4/h9-15H,5-8H2,1-4H3. The van der Waals surface area contributed by atoms with Crippen LogP contribution in [0.5, 0.6) is 0 Å². The Labute approximate surface area is 105 Å². The number of rotatable bonds is 4. The molecule has 1 N–H and O–H groups in total. The average molecular weight is 241 g/mol. The molecule has 2 rings (SSSR count). The molecule has 2 aliphatic rings. The first kappa shape index (κ1) is 13.3. The summed E-state index contributed by atoms with van der Waals surface area (Å²) in [5.74, 6) is 1.92. The van der Waals surface area contributed by atoms with Crippen molar-refractivity contribution >= 4 is 0 Å². The van der Waals surface area contributed by atoms with Crippen molar-refractivity contribution < 1.29 is 9.47 Å². The van der Waals surface area contributed by atoms with Crippen molar-refractivity contribution in [1.29, 1.82) is 0 Å². The van der Waals surface area contributed by atoms with Crippen LogP contribution >= 0.6 is 0 Å². The van der Waals surface area contributed by atoms with Gasteiger partial charge in [-0.25, -0.2) is 0 Å². The van der Waals surface area contributed by atoms with Gasteiger partial charge in [-0.3, -0.25) is 0 Å². The van der Waals surface area contributed by atoms with Crippen molar-refractivity contribution in [2.45, 2.75) is 52.4 Å². The smallest absolute Gasteiger partial charge is 0.0597 e. The van der Waals surface area contributed by atoms with Crippen LogP contribution < -0.4 is 5.32 Å². The van der Waals surface area contributed by atoms with Crippen LogP contribution in [0.2, 0.25) is 0 Å². The van der Waals surface area contributed by atoms with Crippen LogP contribution in [0.15, 0.2) is 0 Å². The Hall–Kier alpha value is -0.120. The molecule has 3 heteroatoms. The Kier molecular flexibility index (Phi) is 4.45. The lowest BCUT2D eigenvalue weighted by Crippen LogP contribution is -2.47. The maximum absolute atomic E-state index is 5.99. The van der Waals surface area contributed by atoms with Crippen molar-refractivity contribution in [3.8, 4) is 0 Å². The molecular weight excluding hydrogens is 214 g/mol. The zero-order chi connectivity index (χ0) is 12.4. The minimum atomic E-state index is 0.365. The van der Waals surface area contributed by atoms with E-state index >= 15 is 0 Å². The van der Waals surface area contributed by atoms with Gasteiger partial charge < -0.3 is 14.8 Å². The molecule has 0 aromatic rings. The van der Waals surface area contributed by atoms with Crippen LogP contribution in [-0.4, -0.2) is 38.0 Å². The van der Waals surface area contributed by atoms with Gasteiger partial charge in [0.25, 0.3) is 0 Å². The molecule has 0 bridgehead atoms. The molecule has 2 heterocycles. The molecule has 6 atom stereocenters. The van der Waals surface area contributed by atoms with Gasteiger partial charge in [0.1, 0.15) is 0 Å². The minimum Gasteiger partial charge on any atom is -0.381 e. The van der Waals surface area contributed by atoms with Crippen LogP contribution in [-0.2, 0) is 9.47 Å². The van der Waals surface area contributed by atoms with E-state index in [0.29, 0.717) is 36.0 Å². The summed E-state index contributed by atoms with van der Waals surface area (Å²) in [4.78, 5) is 0. The lowest BCUT2D eigenvalue weighted by molar-refractivity contribution is 0.0438. The number of hydrogen-bond acceptors (Lipinski definition) is 3. The van der Waals surface area contributed by atoms with Gasteiger partial charge in [0.15, 0.2) is 0 Å². The zero-order valence-corrected chi connectivity index (χ0v) is 11.6. The van der Waals surface area contributed by atoms with Gasteiger partial charge in [-0.2, -0.15) is 0 Å². The van der Waals surface area contributed by atoms with Crippen molar-refractivity contribution in [3.63, 3.8) is 0 Å². The number of ether oxygens (including phenoxy) is 2. The van der Waals surface area contributed by atoms with E-state index in [1.165, 1.54) is 6.42 Å². The lowest BCUT2D eigenvalue weighted by atomic mass is 9.77. The summed E-state index contributed by atoms with van der Waals surface area (Å²) < 4.78 is 11.6. The highest BCUT2D eigenvalue weighted by atomic mass is 16.5. The Bertz CT molecular complexity index is 240. The van der Waals surface area contributed by atoms with Crippen molar-refractivity contribution in [1.82, 2.24) is 5.32 Å². The summed E-state index contributed by atoms with van der Waals surface area (Å²) in [6.07, 6.45) is 1.95. The fourth-order valence-corrected chi connectivity index (χ4v) is 3.60. The fourth-order valence-electron chi connectivity index (χ4n) is 3.60. The van der Waals surface area contributed by atoms with E-state index in [1.807, 2.05) is 0 Å². The fraction of sp³-hybridized carbons (Fsp3) is 1.00. The second kappa shape index (κ2) is 5.68. The van der Waals surface area contributed by atoms with E-state index in [4.69, 9.17) is 9.47 Å². The maximum atomic E-state index is 5.99. The predicted octanol–water partition coefficient (Wildman–Crippen LogP) is 2.06. The average Bonchev–Trinajstić information content (AvgIpc) is 2.88. The van der Waals surface area contributed by atoms with E-state index in [0.717, 1.165) is 19.8 Å². The molecule has 0 aromatic carbocycles. The summed E-state index contributed by atoms with van der Waals surface area (Å²) in [5, 5.41) is 3.69. The Morgan fingerprint density at radius 1 is 1.24 bits per heavy atom. The molecule has 6 unspecified atom stereocenters. The van der Waals surface area contributed by atoms with Crippen LogP contribution in [0.25, 0.3) is 0 Å². The first-order valence-electron chi connectivity index (χ1n) is 7.11. The third-order valence-corrected chi connectivity index (χ3v) is 4.65. The summed E-state index contributed by atoms with van der Waals surface area (Å²) in [5.41, 5.74) is 0. The molecular formula is C14H27NO2. The van der Waals surface area contributed by atoms with Crippen molar-refractivity contribution in [2.75, 3.05) is 19.8 Å². The highest BCUT2D eigenvalue weighted by Crippen LogP contribution is 2.38. The van der Waals surface area contributed by atoms with Gasteiger partial charge in [-0.1, -0.05) is 13.8 Å². The molecule has 3 nitrogen and oxygen atoms in total. The normalized spacial score (nSPS) is 44.1. The van der Waals surface area contributed by atoms with Crippen LogP contribution in [0, 0.1) is 17.8 Å².